The van der Waals surface area contributed by atoms with Gasteiger partial charge in [0.05, 0.1) is 41.1 Å². The summed E-state index contributed by atoms with van der Waals surface area (Å²) in [4.78, 5) is 32.8. The lowest BCUT2D eigenvalue weighted by Gasteiger charge is -2.26. The second-order valence-corrected chi connectivity index (χ2v) is 11.0. The Morgan fingerprint density at radius 3 is 2.42 bits per heavy atom. The molecule has 7 nitrogen and oxygen atoms in total. The van der Waals surface area contributed by atoms with Crippen molar-refractivity contribution in [1.29, 1.82) is 0 Å². The summed E-state index contributed by atoms with van der Waals surface area (Å²) in [5.74, 6) is 0.478. The van der Waals surface area contributed by atoms with Crippen molar-refractivity contribution in [3.8, 4) is 17.1 Å². The molecular weight excluding hydrogens is 605 g/mol. The lowest BCUT2D eigenvalue weighted by molar-refractivity contribution is -0.139. The molecule has 0 saturated heterocycles. The van der Waals surface area contributed by atoms with E-state index in [0.29, 0.717) is 27.4 Å². The highest BCUT2D eigenvalue weighted by Gasteiger charge is 2.35. The van der Waals surface area contributed by atoms with Gasteiger partial charge in [-0.2, -0.15) is 13.2 Å². The normalized spacial score (nSPS) is 15.0. The number of halogens is 3. The third-order valence-electron chi connectivity index (χ3n) is 7.18. The van der Waals surface area contributed by atoms with Crippen LogP contribution in [0.5, 0.6) is 5.75 Å². The predicted octanol–water partition coefficient (Wildman–Crippen LogP) is 6.22. The second-order valence-electron chi connectivity index (χ2n) is 9.99. The van der Waals surface area contributed by atoms with Gasteiger partial charge in [-0.1, -0.05) is 65.9 Å². The van der Waals surface area contributed by atoms with Crippen molar-refractivity contribution in [1.82, 2.24) is 4.57 Å². The van der Waals surface area contributed by atoms with E-state index in [2.05, 4.69) is 0 Å². The summed E-state index contributed by atoms with van der Waals surface area (Å²) in [6.45, 7) is 1.83. The number of furan rings is 1. The van der Waals surface area contributed by atoms with Crippen LogP contribution in [0.25, 0.3) is 23.1 Å². The number of benzene rings is 3. The molecular formula is C34H25F3N2O5S. The summed E-state index contributed by atoms with van der Waals surface area (Å²) in [6.07, 6.45) is -2.98. The quantitative estimate of drug-likeness (QED) is 0.200. The molecule has 0 saturated carbocycles. The van der Waals surface area contributed by atoms with Gasteiger partial charge in [-0.3, -0.25) is 9.36 Å². The number of hydrogen-bond donors (Lipinski definition) is 0. The zero-order valence-corrected chi connectivity index (χ0v) is 24.8. The van der Waals surface area contributed by atoms with Gasteiger partial charge in [-0.25, -0.2) is 9.79 Å². The van der Waals surface area contributed by atoms with E-state index >= 15 is 0 Å². The minimum absolute atomic E-state index is 0.122. The van der Waals surface area contributed by atoms with Crippen molar-refractivity contribution in [3.63, 3.8) is 0 Å². The third-order valence-corrected chi connectivity index (χ3v) is 8.16. The maximum Gasteiger partial charge on any atom is 0.416 e. The third kappa shape index (κ3) is 5.86. The summed E-state index contributed by atoms with van der Waals surface area (Å²) < 4.78 is 58.1. The molecule has 0 N–H and O–H groups in total. The second kappa shape index (κ2) is 12.1. The summed E-state index contributed by atoms with van der Waals surface area (Å²) in [5, 5.41) is 0. The van der Waals surface area contributed by atoms with Crippen molar-refractivity contribution in [2.45, 2.75) is 19.1 Å². The van der Waals surface area contributed by atoms with E-state index < -0.39 is 29.3 Å². The molecule has 1 aliphatic heterocycles. The zero-order valence-electron chi connectivity index (χ0n) is 24.0. The maximum absolute atomic E-state index is 14.0. The SMILES string of the molecule is CCOC(=O)C1=C(c2ccccc2)N=c2s/c(=C/c3ccc(-c4cccc(C(F)(F)F)c4)o3)c(=O)n2[C@@H]1c1ccc(OC)cc1. The number of hydrogen-bond acceptors (Lipinski definition) is 7. The van der Waals surface area contributed by atoms with E-state index in [-0.39, 0.29) is 33.8 Å². The standard InChI is InChI=1S/C34H25F3N2O5S/c1-3-43-32(41)28-29(20-8-5-4-6-9-20)38-33-39(30(28)21-12-14-24(42-2)15-13-21)31(40)27(45-33)19-25-16-17-26(44-25)22-10-7-11-23(18-22)34(35,36)37/h4-19,30H,3H2,1-2H3/b27-19+/t30-/m1/s1. The van der Waals surface area contributed by atoms with Crippen LogP contribution >= 0.6 is 11.3 Å². The molecule has 3 heterocycles. The van der Waals surface area contributed by atoms with Gasteiger partial charge in [0.25, 0.3) is 5.56 Å². The molecule has 1 aliphatic rings. The van der Waals surface area contributed by atoms with Gasteiger partial charge in [-0.15, -0.1) is 0 Å². The van der Waals surface area contributed by atoms with Crippen LogP contribution in [0.2, 0.25) is 0 Å². The lowest BCUT2D eigenvalue weighted by Crippen LogP contribution is -2.40. The van der Waals surface area contributed by atoms with E-state index in [1.165, 1.54) is 22.8 Å². The van der Waals surface area contributed by atoms with Crippen molar-refractivity contribution >= 4 is 29.1 Å². The van der Waals surface area contributed by atoms with Gasteiger partial charge in [-0.05, 0) is 48.9 Å². The van der Waals surface area contributed by atoms with Crippen molar-refractivity contribution < 1.29 is 31.9 Å². The number of rotatable bonds is 7. The fourth-order valence-electron chi connectivity index (χ4n) is 5.11. The van der Waals surface area contributed by atoms with Gasteiger partial charge in [0.1, 0.15) is 17.3 Å². The molecule has 0 aliphatic carbocycles. The first-order valence-corrected chi connectivity index (χ1v) is 14.7. The van der Waals surface area contributed by atoms with Crippen LogP contribution in [-0.4, -0.2) is 24.3 Å². The molecule has 0 unspecified atom stereocenters. The largest absolute Gasteiger partial charge is 0.497 e. The first kappa shape index (κ1) is 29.9. The zero-order chi connectivity index (χ0) is 31.7. The number of fused-ring (bicyclic) bond motifs is 1. The number of carbonyl (C=O) groups excluding carboxylic acids is 1. The van der Waals surface area contributed by atoms with Gasteiger partial charge in [0.15, 0.2) is 4.80 Å². The molecule has 0 spiro atoms. The summed E-state index contributed by atoms with van der Waals surface area (Å²) >= 11 is 1.11. The Balaban J connectivity index is 1.52. The van der Waals surface area contributed by atoms with Crippen molar-refractivity contribution in [2.75, 3.05) is 13.7 Å². The Hall–Kier alpha value is -5.16. The molecule has 11 heteroatoms. The monoisotopic (exact) mass is 630 g/mol. The van der Waals surface area contributed by atoms with Gasteiger partial charge in [0, 0.05) is 17.2 Å². The minimum atomic E-state index is -4.50. The molecule has 0 bridgehead atoms. The number of aromatic nitrogens is 1. The molecule has 0 fully saturated rings. The van der Waals surface area contributed by atoms with Crippen LogP contribution in [0.4, 0.5) is 13.2 Å². The predicted molar refractivity (Wildman–Crippen MR) is 163 cm³/mol. The van der Waals surface area contributed by atoms with Crippen molar-refractivity contribution in [2.24, 2.45) is 4.99 Å². The molecule has 45 heavy (non-hydrogen) atoms. The van der Waals surface area contributed by atoms with E-state index in [1.54, 1.807) is 50.4 Å². The average molecular weight is 631 g/mol. The number of thiazole rings is 1. The molecule has 5 aromatic rings. The Morgan fingerprint density at radius 2 is 1.73 bits per heavy atom. The number of methoxy groups -OCH3 is 1. The van der Waals surface area contributed by atoms with Crippen LogP contribution in [0.3, 0.4) is 0 Å². The van der Waals surface area contributed by atoms with E-state index in [1.807, 2.05) is 30.3 Å². The van der Waals surface area contributed by atoms with Gasteiger partial charge < -0.3 is 13.9 Å². The topological polar surface area (TPSA) is 83.0 Å². The van der Waals surface area contributed by atoms with E-state index in [9.17, 15) is 22.8 Å². The summed E-state index contributed by atoms with van der Waals surface area (Å²) in [6, 6.07) is 23.3. The van der Waals surface area contributed by atoms with E-state index in [0.717, 1.165) is 23.5 Å². The van der Waals surface area contributed by atoms with Crippen LogP contribution in [0, 0.1) is 0 Å². The molecule has 1 atom stereocenters. The number of esters is 1. The van der Waals surface area contributed by atoms with Crippen molar-refractivity contribution in [3.05, 3.63) is 139 Å². The molecule has 0 amide bonds. The summed E-state index contributed by atoms with van der Waals surface area (Å²) in [7, 11) is 1.54. The van der Waals surface area contributed by atoms with Gasteiger partial charge >= 0.3 is 12.1 Å². The highest BCUT2D eigenvalue weighted by atomic mass is 32.1. The van der Waals surface area contributed by atoms with Crippen LogP contribution in [0.1, 0.15) is 35.4 Å². The Bertz CT molecular complexity index is 2090. The number of ether oxygens (including phenoxy) is 2. The van der Waals surface area contributed by atoms with Crippen LogP contribution in [0.15, 0.2) is 111 Å². The molecule has 3 aromatic carbocycles. The highest BCUT2D eigenvalue weighted by Crippen LogP contribution is 2.36. The molecule has 228 valence electrons. The smallest absolute Gasteiger partial charge is 0.416 e. The fourth-order valence-corrected chi connectivity index (χ4v) is 6.09. The average Bonchev–Trinajstić information content (AvgIpc) is 3.64. The first-order chi connectivity index (χ1) is 21.7. The number of carbonyl (C=O) groups is 1. The Kier molecular flexibility index (Phi) is 8.03. The Labute approximate surface area is 258 Å². The lowest BCUT2D eigenvalue weighted by atomic mass is 9.93. The Morgan fingerprint density at radius 1 is 1.00 bits per heavy atom. The molecule has 2 aromatic heterocycles. The van der Waals surface area contributed by atoms with Gasteiger partial charge in [0.2, 0.25) is 0 Å². The number of alkyl halides is 3. The highest BCUT2D eigenvalue weighted by molar-refractivity contribution is 7.07. The first-order valence-electron chi connectivity index (χ1n) is 13.9. The number of nitrogens with zero attached hydrogens (tertiary/aromatic N) is 2. The van der Waals surface area contributed by atoms with Crippen LogP contribution in [-0.2, 0) is 15.7 Å². The molecule has 0 radical (unpaired) electrons. The van der Waals surface area contributed by atoms with E-state index in [4.69, 9.17) is 18.9 Å². The summed E-state index contributed by atoms with van der Waals surface area (Å²) in [5.41, 5.74) is 0.927. The minimum Gasteiger partial charge on any atom is -0.497 e. The fraction of sp³-hybridized carbons (Fsp3) is 0.147. The maximum atomic E-state index is 14.0. The molecule has 6 rings (SSSR count). The van der Waals surface area contributed by atoms with Crippen LogP contribution < -0.4 is 19.6 Å².